The Balaban J connectivity index is 1.09. The Kier molecular flexibility index (Phi) is 4.23. The number of anilines is 1. The van der Waals surface area contributed by atoms with Gasteiger partial charge in [-0.1, -0.05) is 11.6 Å². The number of nitrogens with one attached hydrogen (secondary N) is 1. The molecule has 0 amide bonds. The van der Waals surface area contributed by atoms with Gasteiger partial charge in [0, 0.05) is 53.3 Å². The van der Waals surface area contributed by atoms with Crippen molar-refractivity contribution >= 4 is 50.8 Å². The van der Waals surface area contributed by atoms with Crippen molar-refractivity contribution in [2.24, 2.45) is 17.6 Å². The molecule has 11 heteroatoms. The van der Waals surface area contributed by atoms with Crippen molar-refractivity contribution in [2.45, 2.75) is 31.2 Å². The van der Waals surface area contributed by atoms with E-state index in [0.29, 0.717) is 46.3 Å². The molecule has 0 spiro atoms. The van der Waals surface area contributed by atoms with Crippen LogP contribution in [0.3, 0.4) is 0 Å². The molecular weight excluding hydrogens is 494 g/mol. The SMILES string of the molecule is Cc1csc(C2(CN)[C@@H]3CN(c4cnc5c(-c6ccc7nn(C8CC8)cc7c6Cl)n[nH]c5n4)C[C@@H]32)n1. The second kappa shape index (κ2) is 7.24. The average Bonchev–Trinajstić information content (AvgIpc) is 3.46. The van der Waals surface area contributed by atoms with Crippen molar-refractivity contribution in [3.63, 3.8) is 0 Å². The first-order valence-electron chi connectivity index (χ1n) is 12.3. The fraction of sp³-hybridized carbons (Fsp3) is 0.400. The fourth-order valence-corrected chi connectivity index (χ4v) is 7.55. The van der Waals surface area contributed by atoms with Gasteiger partial charge in [-0.25, -0.2) is 15.0 Å². The van der Waals surface area contributed by atoms with E-state index in [4.69, 9.17) is 32.3 Å². The van der Waals surface area contributed by atoms with E-state index in [9.17, 15) is 0 Å². The number of H-pyrrole nitrogens is 1. The number of hydrogen-bond acceptors (Lipinski definition) is 8. The van der Waals surface area contributed by atoms with E-state index in [1.165, 1.54) is 17.8 Å². The number of aromatic amines is 1. The van der Waals surface area contributed by atoms with E-state index in [2.05, 4.69) is 25.6 Å². The van der Waals surface area contributed by atoms with Gasteiger partial charge < -0.3 is 10.6 Å². The molecule has 1 saturated heterocycles. The summed E-state index contributed by atoms with van der Waals surface area (Å²) in [5, 5.41) is 17.2. The Morgan fingerprint density at radius 3 is 2.78 bits per heavy atom. The lowest BCUT2D eigenvalue weighted by Gasteiger charge is -2.25. The maximum absolute atomic E-state index is 6.84. The van der Waals surface area contributed by atoms with E-state index in [-0.39, 0.29) is 5.41 Å². The number of nitrogens with two attached hydrogens (primary N) is 1. The van der Waals surface area contributed by atoms with Gasteiger partial charge in [-0.2, -0.15) is 10.2 Å². The summed E-state index contributed by atoms with van der Waals surface area (Å²) in [4.78, 5) is 16.7. The summed E-state index contributed by atoms with van der Waals surface area (Å²) in [6.45, 7) is 4.51. The molecule has 36 heavy (non-hydrogen) atoms. The molecule has 9 nitrogen and oxygen atoms in total. The average molecular weight is 518 g/mol. The van der Waals surface area contributed by atoms with Gasteiger partial charge in [0.1, 0.15) is 22.0 Å². The van der Waals surface area contributed by atoms with Crippen molar-refractivity contribution in [3.8, 4) is 11.3 Å². The molecule has 1 aromatic carbocycles. The first kappa shape index (κ1) is 21.0. The van der Waals surface area contributed by atoms with Crippen LogP contribution < -0.4 is 10.6 Å². The highest BCUT2D eigenvalue weighted by Gasteiger charge is 2.69. The number of hydrogen-bond donors (Lipinski definition) is 2. The number of fused-ring (bicyclic) bond motifs is 3. The van der Waals surface area contributed by atoms with Crippen LogP contribution in [0.5, 0.6) is 0 Å². The van der Waals surface area contributed by atoms with Crippen LogP contribution in [0.4, 0.5) is 5.82 Å². The van der Waals surface area contributed by atoms with Crippen LogP contribution >= 0.6 is 22.9 Å². The van der Waals surface area contributed by atoms with Crippen LogP contribution in [0.2, 0.25) is 5.02 Å². The summed E-state index contributed by atoms with van der Waals surface area (Å²) in [7, 11) is 0. The van der Waals surface area contributed by atoms with E-state index < -0.39 is 0 Å². The van der Waals surface area contributed by atoms with Crippen LogP contribution in [-0.2, 0) is 5.41 Å². The lowest BCUT2D eigenvalue weighted by Crippen LogP contribution is -2.35. The second-order valence-electron chi connectivity index (χ2n) is 10.4. The molecule has 5 aromatic rings. The van der Waals surface area contributed by atoms with Crippen LogP contribution in [0.1, 0.15) is 29.6 Å². The van der Waals surface area contributed by atoms with E-state index in [1.54, 1.807) is 11.3 Å². The number of aromatic nitrogens is 7. The second-order valence-corrected chi connectivity index (χ2v) is 11.6. The molecule has 0 bridgehead atoms. The summed E-state index contributed by atoms with van der Waals surface area (Å²) in [5.74, 6) is 1.87. The normalized spacial score (nSPS) is 25.2. The Hall–Kier alpha value is -3.08. The minimum Gasteiger partial charge on any atom is -0.355 e. The number of thiazole rings is 1. The molecule has 3 atom stereocenters. The molecule has 2 saturated carbocycles. The van der Waals surface area contributed by atoms with E-state index in [0.717, 1.165) is 41.1 Å². The van der Waals surface area contributed by atoms with Crippen molar-refractivity contribution < 1.29 is 0 Å². The summed E-state index contributed by atoms with van der Waals surface area (Å²) in [6.07, 6.45) is 6.25. The first-order valence-corrected chi connectivity index (χ1v) is 13.6. The van der Waals surface area contributed by atoms with Gasteiger partial charge in [0.05, 0.1) is 22.8 Å². The summed E-state index contributed by atoms with van der Waals surface area (Å²) in [5.41, 5.74) is 11.2. The zero-order valence-corrected chi connectivity index (χ0v) is 21.2. The molecule has 3 fully saturated rings. The Morgan fingerprint density at radius 1 is 1.22 bits per heavy atom. The number of benzene rings is 1. The monoisotopic (exact) mass is 517 g/mol. The molecule has 5 heterocycles. The highest BCUT2D eigenvalue weighted by Crippen LogP contribution is 2.63. The van der Waals surface area contributed by atoms with E-state index >= 15 is 0 Å². The maximum atomic E-state index is 6.84. The van der Waals surface area contributed by atoms with Crippen LogP contribution in [0, 0.1) is 18.8 Å². The number of piperidine rings is 1. The number of rotatable bonds is 5. The highest BCUT2D eigenvalue weighted by molar-refractivity contribution is 7.09. The van der Waals surface area contributed by atoms with Crippen molar-refractivity contribution in [3.05, 3.63) is 45.6 Å². The third kappa shape index (κ3) is 2.83. The van der Waals surface area contributed by atoms with Crippen molar-refractivity contribution in [1.29, 1.82) is 0 Å². The van der Waals surface area contributed by atoms with Gasteiger partial charge in [0.25, 0.3) is 0 Å². The Bertz CT molecular complexity index is 1650. The quantitative estimate of drug-likeness (QED) is 0.361. The molecule has 3 N–H and O–H groups in total. The van der Waals surface area contributed by atoms with Gasteiger partial charge >= 0.3 is 0 Å². The highest BCUT2D eigenvalue weighted by atomic mass is 35.5. The zero-order valence-electron chi connectivity index (χ0n) is 19.6. The third-order valence-corrected chi connectivity index (χ3v) is 9.85. The molecule has 3 aliphatic rings. The standard InChI is InChI=1S/C25H24ClN9S/c1-12-10-36-24(29-12)25(11-27)16-8-34(9-17(16)25)19-6-28-22-21(31-32-23(22)30-19)14-4-5-18-15(20(14)26)7-35(33-18)13-2-3-13/h4-7,10,13,16-17H,2-3,8-9,11,27H2,1H3,(H,30,31,32)/t16-,17+,25?. The fourth-order valence-electron chi connectivity index (χ4n) is 6.12. The van der Waals surface area contributed by atoms with Crippen LogP contribution in [-0.4, -0.2) is 54.6 Å². The zero-order chi connectivity index (χ0) is 24.2. The number of halogens is 1. The van der Waals surface area contributed by atoms with Crippen molar-refractivity contribution in [2.75, 3.05) is 24.5 Å². The van der Waals surface area contributed by atoms with Gasteiger partial charge in [-0.15, -0.1) is 11.3 Å². The van der Waals surface area contributed by atoms with Gasteiger partial charge in [0.2, 0.25) is 0 Å². The Labute approximate surface area is 215 Å². The molecular formula is C25H24ClN9S. The van der Waals surface area contributed by atoms with Gasteiger partial charge in [-0.05, 0) is 43.7 Å². The molecule has 1 aliphatic heterocycles. The minimum absolute atomic E-state index is 0.0246. The molecule has 1 unspecified atom stereocenters. The number of nitrogens with zero attached hydrogens (tertiary/aromatic N) is 7. The topological polar surface area (TPSA) is 114 Å². The predicted molar refractivity (Wildman–Crippen MR) is 140 cm³/mol. The van der Waals surface area contributed by atoms with Crippen molar-refractivity contribution in [1.82, 2.24) is 34.9 Å². The van der Waals surface area contributed by atoms with Gasteiger partial charge in [-0.3, -0.25) is 9.78 Å². The number of aryl methyl sites for hydroxylation is 1. The predicted octanol–water partition coefficient (Wildman–Crippen LogP) is 4.09. The molecule has 0 radical (unpaired) electrons. The van der Waals surface area contributed by atoms with Gasteiger partial charge in [0.15, 0.2) is 5.65 Å². The Morgan fingerprint density at radius 2 is 2.06 bits per heavy atom. The van der Waals surface area contributed by atoms with E-state index in [1.807, 2.05) is 36.1 Å². The smallest absolute Gasteiger partial charge is 0.177 e. The van der Waals surface area contributed by atoms with Crippen LogP contribution in [0.15, 0.2) is 29.9 Å². The summed E-state index contributed by atoms with van der Waals surface area (Å²) in [6, 6.07) is 4.48. The molecule has 182 valence electrons. The third-order valence-electron chi connectivity index (χ3n) is 8.29. The lowest BCUT2D eigenvalue weighted by molar-refractivity contribution is 0.549. The summed E-state index contributed by atoms with van der Waals surface area (Å²) < 4.78 is 2.03. The van der Waals surface area contributed by atoms with Crippen LogP contribution in [0.25, 0.3) is 33.3 Å². The molecule has 2 aliphatic carbocycles. The lowest BCUT2D eigenvalue weighted by atomic mass is 10.0. The largest absolute Gasteiger partial charge is 0.355 e. The molecule has 8 rings (SSSR count). The summed E-state index contributed by atoms with van der Waals surface area (Å²) >= 11 is 8.58. The minimum atomic E-state index is 0.0246. The molecule has 4 aromatic heterocycles. The first-order chi connectivity index (χ1) is 17.6. The maximum Gasteiger partial charge on any atom is 0.177 e.